The van der Waals surface area contributed by atoms with Gasteiger partial charge in [-0.1, -0.05) is 36.4 Å². The fourth-order valence-electron chi connectivity index (χ4n) is 4.64. The number of nitrogens with zero attached hydrogens (tertiary/aromatic N) is 2. The summed E-state index contributed by atoms with van der Waals surface area (Å²) < 4.78 is 30.8. The summed E-state index contributed by atoms with van der Waals surface area (Å²) in [5.41, 5.74) is 3.99. The van der Waals surface area contributed by atoms with Gasteiger partial charge < -0.3 is 19.1 Å². The van der Waals surface area contributed by atoms with Crippen molar-refractivity contribution in [3.8, 4) is 22.6 Å². The van der Waals surface area contributed by atoms with Crippen molar-refractivity contribution in [3.05, 3.63) is 114 Å². The molecule has 0 spiro atoms. The van der Waals surface area contributed by atoms with Crippen molar-refractivity contribution < 1.29 is 23.4 Å². The molecule has 200 valence electrons. The normalized spacial score (nSPS) is 14.7. The molecule has 0 aliphatic carbocycles. The van der Waals surface area contributed by atoms with Crippen molar-refractivity contribution in [3.63, 3.8) is 0 Å². The van der Waals surface area contributed by atoms with E-state index in [1.54, 1.807) is 42.6 Å². The summed E-state index contributed by atoms with van der Waals surface area (Å²) in [5.74, 6) is 1.24. The van der Waals surface area contributed by atoms with Gasteiger partial charge in [-0.2, -0.15) is 0 Å². The molecule has 39 heavy (non-hydrogen) atoms. The van der Waals surface area contributed by atoms with E-state index in [9.17, 15) is 9.18 Å². The third kappa shape index (κ3) is 6.81. The van der Waals surface area contributed by atoms with Crippen LogP contribution in [0.25, 0.3) is 11.1 Å². The van der Waals surface area contributed by atoms with Crippen molar-refractivity contribution in [2.24, 2.45) is 5.92 Å². The molecule has 7 heteroatoms. The highest BCUT2D eigenvalue weighted by atomic mass is 19.1. The number of hydrogen-bond acceptors (Lipinski definition) is 5. The second kappa shape index (κ2) is 12.5. The number of amides is 1. The highest BCUT2D eigenvalue weighted by Gasteiger charge is 2.20. The molecular weight excluding hydrogens is 495 g/mol. The van der Waals surface area contributed by atoms with Crippen LogP contribution in [0.2, 0.25) is 0 Å². The van der Waals surface area contributed by atoms with E-state index < -0.39 is 0 Å². The van der Waals surface area contributed by atoms with Gasteiger partial charge in [0.15, 0.2) is 11.5 Å². The van der Waals surface area contributed by atoms with Crippen LogP contribution in [0.3, 0.4) is 0 Å². The zero-order valence-electron chi connectivity index (χ0n) is 21.9. The van der Waals surface area contributed by atoms with Crippen molar-refractivity contribution in [2.45, 2.75) is 19.5 Å². The lowest BCUT2D eigenvalue weighted by molar-refractivity contribution is 0.0729. The highest BCUT2D eigenvalue weighted by Crippen LogP contribution is 2.30. The minimum Gasteiger partial charge on any atom is -0.493 e. The lowest BCUT2D eigenvalue weighted by Crippen LogP contribution is -2.30. The van der Waals surface area contributed by atoms with E-state index in [1.807, 2.05) is 48.5 Å². The first kappa shape index (κ1) is 26.4. The minimum absolute atomic E-state index is 0.119. The molecule has 1 aromatic heterocycles. The van der Waals surface area contributed by atoms with E-state index in [-0.39, 0.29) is 11.7 Å². The molecule has 1 aliphatic rings. The molecule has 2 heterocycles. The van der Waals surface area contributed by atoms with Gasteiger partial charge >= 0.3 is 0 Å². The molecule has 0 N–H and O–H groups in total. The van der Waals surface area contributed by atoms with Crippen LogP contribution in [-0.4, -0.2) is 42.7 Å². The largest absolute Gasteiger partial charge is 0.493 e. The molecule has 1 fully saturated rings. The Morgan fingerprint density at radius 2 is 1.82 bits per heavy atom. The van der Waals surface area contributed by atoms with Gasteiger partial charge in [-0.05, 0) is 71.1 Å². The molecule has 1 atom stereocenters. The van der Waals surface area contributed by atoms with E-state index in [2.05, 4.69) is 4.98 Å². The lowest BCUT2D eigenvalue weighted by Gasteiger charge is -2.24. The molecule has 0 bridgehead atoms. The lowest BCUT2D eigenvalue weighted by atomic mass is 10.0. The number of aromatic nitrogens is 1. The Labute approximate surface area is 228 Å². The van der Waals surface area contributed by atoms with E-state index in [0.717, 1.165) is 35.3 Å². The van der Waals surface area contributed by atoms with Crippen molar-refractivity contribution in [1.82, 2.24) is 9.88 Å². The number of ether oxygens (including phenoxy) is 3. The maximum atomic E-state index is 13.7. The molecule has 4 aromatic rings. The first-order chi connectivity index (χ1) is 19.1. The number of halogens is 1. The third-order valence-corrected chi connectivity index (χ3v) is 6.77. The quantitative estimate of drug-likeness (QED) is 0.248. The van der Waals surface area contributed by atoms with Crippen molar-refractivity contribution in [2.75, 3.05) is 26.9 Å². The maximum Gasteiger partial charge on any atom is 0.254 e. The van der Waals surface area contributed by atoms with Crippen LogP contribution in [-0.2, 0) is 17.8 Å². The summed E-state index contributed by atoms with van der Waals surface area (Å²) in [6, 6.07) is 23.2. The molecule has 0 saturated carbocycles. The Morgan fingerprint density at radius 3 is 2.54 bits per heavy atom. The number of rotatable bonds is 10. The number of hydrogen-bond donors (Lipinski definition) is 0. The molecule has 0 radical (unpaired) electrons. The van der Waals surface area contributed by atoms with Gasteiger partial charge in [0.25, 0.3) is 5.91 Å². The molecule has 3 aromatic carbocycles. The molecule has 0 unspecified atom stereocenters. The molecule has 1 aliphatic heterocycles. The number of pyridine rings is 1. The first-order valence-corrected chi connectivity index (χ1v) is 13.0. The van der Waals surface area contributed by atoms with Gasteiger partial charge in [0, 0.05) is 43.6 Å². The smallest absolute Gasteiger partial charge is 0.254 e. The fraction of sp³-hybridized carbons (Fsp3) is 0.250. The van der Waals surface area contributed by atoms with Crippen LogP contribution in [0, 0.1) is 11.7 Å². The first-order valence-electron chi connectivity index (χ1n) is 13.0. The summed E-state index contributed by atoms with van der Waals surface area (Å²) in [7, 11) is 1.62. The number of carbonyl (C=O) groups is 1. The molecule has 6 nitrogen and oxygen atoms in total. The maximum absolute atomic E-state index is 13.7. The Morgan fingerprint density at radius 1 is 0.974 bits per heavy atom. The minimum atomic E-state index is -0.297. The van der Waals surface area contributed by atoms with Crippen LogP contribution < -0.4 is 9.47 Å². The Balaban J connectivity index is 1.37. The van der Waals surface area contributed by atoms with E-state index in [0.29, 0.717) is 49.3 Å². The third-order valence-electron chi connectivity index (χ3n) is 6.77. The standard InChI is InChI=1S/C32H31FN2O4/c1-37-30-12-7-23(16-31(30)39-22-25-13-15-38-21-25)19-35(20-24-4-3-14-34-18-24)32(36)27-10-8-26(9-11-27)28-5-2-6-29(33)17-28/h2-12,14,16-18,25H,13,15,19-22H2,1H3/t25-/m1/s1. The highest BCUT2D eigenvalue weighted by molar-refractivity contribution is 5.94. The average molecular weight is 527 g/mol. The zero-order valence-corrected chi connectivity index (χ0v) is 21.9. The van der Waals surface area contributed by atoms with E-state index in [1.165, 1.54) is 12.1 Å². The molecule has 1 saturated heterocycles. The SMILES string of the molecule is COc1ccc(CN(Cc2cccnc2)C(=O)c2ccc(-c3cccc(F)c3)cc2)cc1OC[C@@H]1CCOC1. The van der Waals surface area contributed by atoms with Crippen molar-refractivity contribution in [1.29, 1.82) is 0 Å². The predicted octanol–water partition coefficient (Wildman–Crippen LogP) is 6.15. The van der Waals surface area contributed by atoms with Gasteiger partial charge in [0.05, 0.1) is 20.3 Å². The van der Waals surface area contributed by atoms with Gasteiger partial charge in [0.2, 0.25) is 0 Å². The summed E-state index contributed by atoms with van der Waals surface area (Å²) in [4.78, 5) is 19.7. The Kier molecular flexibility index (Phi) is 8.48. The summed E-state index contributed by atoms with van der Waals surface area (Å²) in [5, 5.41) is 0. The Hall–Kier alpha value is -4.23. The van der Waals surface area contributed by atoms with Gasteiger partial charge in [-0.3, -0.25) is 9.78 Å². The second-order valence-electron chi connectivity index (χ2n) is 9.64. The van der Waals surface area contributed by atoms with Crippen LogP contribution in [0.1, 0.15) is 27.9 Å². The Bertz CT molecular complexity index is 1390. The average Bonchev–Trinajstić information content (AvgIpc) is 3.50. The van der Waals surface area contributed by atoms with Crippen LogP contribution in [0.15, 0.2) is 91.3 Å². The van der Waals surface area contributed by atoms with Gasteiger partial charge in [-0.25, -0.2) is 4.39 Å². The van der Waals surface area contributed by atoms with Crippen LogP contribution in [0.4, 0.5) is 4.39 Å². The van der Waals surface area contributed by atoms with E-state index >= 15 is 0 Å². The molecular formula is C32H31FN2O4. The summed E-state index contributed by atoms with van der Waals surface area (Å²) >= 11 is 0. The van der Waals surface area contributed by atoms with Crippen LogP contribution >= 0.6 is 0 Å². The molecule has 5 rings (SSSR count). The van der Waals surface area contributed by atoms with Crippen LogP contribution in [0.5, 0.6) is 11.5 Å². The van der Waals surface area contributed by atoms with Gasteiger partial charge in [0.1, 0.15) is 5.82 Å². The second-order valence-corrected chi connectivity index (χ2v) is 9.64. The topological polar surface area (TPSA) is 60.9 Å². The zero-order chi connectivity index (χ0) is 27.0. The monoisotopic (exact) mass is 526 g/mol. The molecule has 1 amide bonds. The predicted molar refractivity (Wildman–Crippen MR) is 147 cm³/mol. The summed E-state index contributed by atoms with van der Waals surface area (Å²) in [6.45, 7) is 2.77. The number of benzene rings is 3. The van der Waals surface area contributed by atoms with Gasteiger partial charge in [-0.15, -0.1) is 0 Å². The number of carbonyl (C=O) groups excluding carboxylic acids is 1. The van der Waals surface area contributed by atoms with E-state index in [4.69, 9.17) is 14.2 Å². The number of methoxy groups -OCH3 is 1. The fourth-order valence-corrected chi connectivity index (χ4v) is 4.64. The summed E-state index contributed by atoms with van der Waals surface area (Å²) in [6.07, 6.45) is 4.45. The van der Waals surface area contributed by atoms with Crippen molar-refractivity contribution >= 4 is 5.91 Å².